The number of aryl methyl sites for hydroxylation is 2. The van der Waals surface area contributed by atoms with Crippen molar-refractivity contribution in [3.8, 4) is 0 Å². The summed E-state index contributed by atoms with van der Waals surface area (Å²) in [5.41, 5.74) is 1.55. The van der Waals surface area contributed by atoms with Crippen LogP contribution in [0.15, 0.2) is 4.52 Å². The molecule has 1 aromatic rings. The van der Waals surface area contributed by atoms with E-state index in [1.807, 2.05) is 6.92 Å². The molecule has 0 aliphatic carbocycles. The van der Waals surface area contributed by atoms with E-state index in [2.05, 4.69) is 9.88 Å². The highest BCUT2D eigenvalue weighted by Gasteiger charge is 2.13. The molecule has 1 rings (SSSR count). The van der Waals surface area contributed by atoms with Gasteiger partial charge in [-0.25, -0.2) is 13.1 Å². The van der Waals surface area contributed by atoms with Crippen LogP contribution in [0, 0.1) is 13.8 Å². The number of hydrogen-bond acceptors (Lipinski definition) is 4. The van der Waals surface area contributed by atoms with Gasteiger partial charge in [-0.1, -0.05) is 18.5 Å². The van der Waals surface area contributed by atoms with Crippen molar-refractivity contribution < 1.29 is 12.9 Å². The molecule has 1 N–H and O–H groups in total. The van der Waals surface area contributed by atoms with Crippen LogP contribution in [-0.2, 0) is 16.6 Å². The lowest BCUT2D eigenvalue weighted by Crippen LogP contribution is -2.26. The van der Waals surface area contributed by atoms with Gasteiger partial charge in [-0.2, -0.15) is 0 Å². The Hall–Kier alpha value is -0.880. The second kappa shape index (κ2) is 5.45. The second-order valence-electron chi connectivity index (χ2n) is 3.80. The van der Waals surface area contributed by atoms with Crippen molar-refractivity contribution in [3.05, 3.63) is 17.0 Å². The Morgan fingerprint density at radius 1 is 1.38 bits per heavy atom. The number of nitrogens with one attached hydrogen (secondary N) is 1. The Bertz CT molecular complexity index is 417. The molecule has 0 aliphatic rings. The quantitative estimate of drug-likeness (QED) is 0.825. The van der Waals surface area contributed by atoms with E-state index < -0.39 is 10.0 Å². The molecular formula is C10H18N2O3S. The number of rotatable bonds is 6. The molecule has 0 aliphatic heterocycles. The van der Waals surface area contributed by atoms with E-state index in [1.54, 1.807) is 13.8 Å². The van der Waals surface area contributed by atoms with E-state index in [-0.39, 0.29) is 12.3 Å². The Morgan fingerprint density at radius 3 is 2.56 bits per heavy atom. The highest BCUT2D eigenvalue weighted by Crippen LogP contribution is 2.11. The summed E-state index contributed by atoms with van der Waals surface area (Å²) in [4.78, 5) is 0. The first-order chi connectivity index (χ1) is 7.46. The van der Waals surface area contributed by atoms with Gasteiger partial charge in [0.15, 0.2) is 0 Å². The third-order valence-corrected chi connectivity index (χ3v) is 3.83. The smallest absolute Gasteiger partial charge is 0.211 e. The van der Waals surface area contributed by atoms with Gasteiger partial charge in [0.1, 0.15) is 5.76 Å². The molecule has 5 nitrogen and oxygen atoms in total. The molecule has 0 saturated heterocycles. The van der Waals surface area contributed by atoms with E-state index in [4.69, 9.17) is 4.52 Å². The number of unbranched alkanes of at least 4 members (excludes halogenated alkanes) is 1. The fourth-order valence-electron chi connectivity index (χ4n) is 1.34. The number of aromatic nitrogens is 1. The molecular weight excluding hydrogens is 228 g/mol. The summed E-state index contributed by atoms with van der Waals surface area (Å²) in [5.74, 6) is 0.836. The fourth-order valence-corrected chi connectivity index (χ4v) is 2.52. The lowest BCUT2D eigenvalue weighted by atomic mass is 10.2. The van der Waals surface area contributed by atoms with Gasteiger partial charge >= 0.3 is 0 Å². The Morgan fingerprint density at radius 2 is 2.06 bits per heavy atom. The molecule has 1 aromatic heterocycles. The van der Waals surface area contributed by atoms with Crippen LogP contribution in [-0.4, -0.2) is 19.3 Å². The van der Waals surface area contributed by atoms with Crippen LogP contribution < -0.4 is 4.72 Å². The van der Waals surface area contributed by atoms with E-state index in [0.717, 1.165) is 17.7 Å². The normalized spacial score (nSPS) is 11.9. The third-order valence-electron chi connectivity index (χ3n) is 2.42. The molecule has 6 heteroatoms. The Balaban J connectivity index is 2.58. The molecule has 0 fully saturated rings. The van der Waals surface area contributed by atoms with Crippen molar-refractivity contribution in [2.45, 2.75) is 40.2 Å². The standard InChI is InChI=1S/C10H18N2O3S/c1-4-5-6-16(13,14)11-7-10-8(2)12-15-9(10)3/h11H,4-7H2,1-3H3. The molecule has 16 heavy (non-hydrogen) atoms. The molecule has 0 saturated carbocycles. The van der Waals surface area contributed by atoms with Gasteiger partial charge in [0.2, 0.25) is 10.0 Å². The summed E-state index contributed by atoms with van der Waals surface area (Å²) >= 11 is 0. The third kappa shape index (κ3) is 3.61. The highest BCUT2D eigenvalue weighted by molar-refractivity contribution is 7.89. The van der Waals surface area contributed by atoms with Gasteiger partial charge in [0, 0.05) is 12.1 Å². The summed E-state index contributed by atoms with van der Waals surface area (Å²) in [6, 6.07) is 0. The maximum atomic E-state index is 11.5. The van der Waals surface area contributed by atoms with Crippen LogP contribution in [0.25, 0.3) is 0 Å². The van der Waals surface area contributed by atoms with Crippen molar-refractivity contribution in [2.75, 3.05) is 5.75 Å². The van der Waals surface area contributed by atoms with Gasteiger partial charge in [0.25, 0.3) is 0 Å². The topological polar surface area (TPSA) is 72.2 Å². The van der Waals surface area contributed by atoms with Crippen LogP contribution in [0.3, 0.4) is 0 Å². The molecule has 0 unspecified atom stereocenters. The lowest BCUT2D eigenvalue weighted by molar-refractivity contribution is 0.392. The fraction of sp³-hybridized carbons (Fsp3) is 0.700. The molecule has 0 atom stereocenters. The molecule has 0 radical (unpaired) electrons. The van der Waals surface area contributed by atoms with Crippen LogP contribution in [0.5, 0.6) is 0 Å². The minimum absolute atomic E-state index is 0.173. The predicted molar refractivity (Wildman–Crippen MR) is 61.5 cm³/mol. The summed E-state index contributed by atoms with van der Waals surface area (Å²) in [6.07, 6.45) is 1.54. The average Bonchev–Trinajstić information content (AvgIpc) is 2.53. The maximum absolute atomic E-state index is 11.5. The SMILES string of the molecule is CCCCS(=O)(=O)NCc1c(C)noc1C. The zero-order chi connectivity index (χ0) is 12.2. The first kappa shape index (κ1) is 13.2. The lowest BCUT2D eigenvalue weighted by Gasteiger charge is -2.05. The molecule has 0 aromatic carbocycles. The summed E-state index contributed by atoms with van der Waals surface area (Å²) in [6.45, 7) is 5.79. The van der Waals surface area contributed by atoms with Gasteiger partial charge in [-0.15, -0.1) is 0 Å². The van der Waals surface area contributed by atoms with E-state index >= 15 is 0 Å². The number of hydrogen-bond donors (Lipinski definition) is 1. The monoisotopic (exact) mass is 246 g/mol. The molecule has 0 spiro atoms. The van der Waals surface area contributed by atoms with Gasteiger partial charge in [-0.3, -0.25) is 0 Å². The molecule has 0 bridgehead atoms. The van der Waals surface area contributed by atoms with Crippen LogP contribution >= 0.6 is 0 Å². The minimum atomic E-state index is -3.17. The first-order valence-electron chi connectivity index (χ1n) is 5.35. The summed E-state index contributed by atoms with van der Waals surface area (Å²) < 4.78 is 30.6. The predicted octanol–water partition coefficient (Wildman–Crippen LogP) is 1.51. The zero-order valence-corrected chi connectivity index (χ0v) is 10.7. The van der Waals surface area contributed by atoms with Crippen molar-refractivity contribution in [1.29, 1.82) is 0 Å². The van der Waals surface area contributed by atoms with E-state index in [1.165, 1.54) is 0 Å². The molecule has 0 amide bonds. The van der Waals surface area contributed by atoms with E-state index in [9.17, 15) is 8.42 Å². The van der Waals surface area contributed by atoms with Gasteiger partial charge < -0.3 is 4.52 Å². The highest BCUT2D eigenvalue weighted by atomic mass is 32.2. The first-order valence-corrected chi connectivity index (χ1v) is 7.00. The Kier molecular flexibility index (Phi) is 4.49. The largest absolute Gasteiger partial charge is 0.361 e. The minimum Gasteiger partial charge on any atom is -0.361 e. The van der Waals surface area contributed by atoms with Gasteiger partial charge in [0.05, 0.1) is 11.4 Å². The summed E-state index contributed by atoms with van der Waals surface area (Å²) in [5, 5.41) is 3.77. The van der Waals surface area contributed by atoms with Crippen LogP contribution in [0.2, 0.25) is 0 Å². The van der Waals surface area contributed by atoms with Crippen molar-refractivity contribution in [1.82, 2.24) is 9.88 Å². The van der Waals surface area contributed by atoms with E-state index in [0.29, 0.717) is 12.2 Å². The van der Waals surface area contributed by atoms with Crippen LogP contribution in [0.4, 0.5) is 0 Å². The average molecular weight is 246 g/mol. The van der Waals surface area contributed by atoms with Crippen LogP contribution in [0.1, 0.15) is 36.8 Å². The van der Waals surface area contributed by atoms with Gasteiger partial charge in [-0.05, 0) is 20.3 Å². The van der Waals surface area contributed by atoms with Crippen molar-refractivity contribution in [2.24, 2.45) is 0 Å². The zero-order valence-electron chi connectivity index (χ0n) is 9.91. The Labute approximate surface area is 96.3 Å². The summed E-state index contributed by atoms with van der Waals surface area (Å²) in [7, 11) is -3.17. The van der Waals surface area contributed by atoms with Crippen molar-refractivity contribution >= 4 is 10.0 Å². The second-order valence-corrected chi connectivity index (χ2v) is 5.72. The van der Waals surface area contributed by atoms with Crippen molar-refractivity contribution in [3.63, 3.8) is 0 Å². The number of sulfonamides is 1. The number of nitrogens with zero attached hydrogens (tertiary/aromatic N) is 1. The molecule has 1 heterocycles. The molecule has 92 valence electrons. The maximum Gasteiger partial charge on any atom is 0.211 e.